The largest absolute Gasteiger partial charge is 0.424 e. The van der Waals surface area contributed by atoms with Gasteiger partial charge in [0.15, 0.2) is 0 Å². The van der Waals surface area contributed by atoms with Gasteiger partial charge in [-0.15, -0.1) is 0 Å². The van der Waals surface area contributed by atoms with Crippen molar-refractivity contribution in [2.24, 2.45) is 5.73 Å². The van der Waals surface area contributed by atoms with Crippen LogP contribution in [0.15, 0.2) is 30.3 Å². The van der Waals surface area contributed by atoms with E-state index in [2.05, 4.69) is 9.97 Å². The zero-order valence-corrected chi connectivity index (χ0v) is 10.3. The number of hydrogen-bond donors (Lipinski definition) is 2. The van der Waals surface area contributed by atoms with Crippen LogP contribution >= 0.6 is 0 Å². The predicted molar refractivity (Wildman–Crippen MR) is 69.0 cm³/mol. The summed E-state index contributed by atoms with van der Waals surface area (Å²) < 4.78 is 5.61. The molecule has 5 heteroatoms. The van der Waals surface area contributed by atoms with Gasteiger partial charge in [0.2, 0.25) is 0 Å². The van der Waals surface area contributed by atoms with Gasteiger partial charge in [-0.05, 0) is 31.5 Å². The molecule has 3 N–H and O–H groups in total. The number of rotatable bonds is 3. The molecule has 1 aromatic carbocycles. The van der Waals surface area contributed by atoms with Crippen LogP contribution in [0.5, 0.6) is 11.8 Å². The van der Waals surface area contributed by atoms with E-state index in [0.717, 1.165) is 5.56 Å². The number of para-hydroxylation sites is 1. The lowest BCUT2D eigenvalue weighted by atomic mass is 10.2. The first-order valence-corrected chi connectivity index (χ1v) is 5.50. The molecule has 0 spiro atoms. The lowest BCUT2D eigenvalue weighted by molar-refractivity contribution is 0.437. The summed E-state index contributed by atoms with van der Waals surface area (Å²) in [6.07, 6.45) is 0. The molecule has 18 heavy (non-hydrogen) atoms. The summed E-state index contributed by atoms with van der Waals surface area (Å²) >= 11 is 0. The molecule has 2 aromatic rings. The molecule has 2 rings (SSSR count). The molecule has 0 unspecified atom stereocenters. The van der Waals surface area contributed by atoms with Crippen molar-refractivity contribution < 1.29 is 4.74 Å². The Kier molecular flexibility index (Phi) is 3.23. The van der Waals surface area contributed by atoms with E-state index in [1.54, 1.807) is 13.0 Å². The van der Waals surface area contributed by atoms with E-state index < -0.39 is 0 Å². The standard InChI is InChI=1S/C13H14N4O/c1-8-5-3-4-6-11(8)18-13-16-9(2)7-10(17-13)12(14)15/h3-7H,1-2H3,(H3,14,15). The summed E-state index contributed by atoms with van der Waals surface area (Å²) in [7, 11) is 0. The van der Waals surface area contributed by atoms with Gasteiger partial charge in [0.1, 0.15) is 17.3 Å². The number of nitrogens with zero attached hydrogens (tertiary/aromatic N) is 2. The molecule has 1 aromatic heterocycles. The van der Waals surface area contributed by atoms with Gasteiger partial charge in [0, 0.05) is 5.69 Å². The van der Waals surface area contributed by atoms with Crippen LogP contribution in [0.25, 0.3) is 0 Å². The van der Waals surface area contributed by atoms with Gasteiger partial charge in [-0.3, -0.25) is 5.41 Å². The molecule has 0 aliphatic rings. The van der Waals surface area contributed by atoms with Crippen LogP contribution in [0.1, 0.15) is 17.0 Å². The monoisotopic (exact) mass is 242 g/mol. The van der Waals surface area contributed by atoms with Crippen molar-refractivity contribution in [3.8, 4) is 11.8 Å². The number of nitrogens with two attached hydrogens (primary N) is 1. The van der Waals surface area contributed by atoms with Gasteiger partial charge in [-0.25, -0.2) is 4.98 Å². The average Bonchev–Trinajstić information content (AvgIpc) is 2.31. The Bertz CT molecular complexity index is 595. The Labute approximate surface area is 105 Å². The third kappa shape index (κ3) is 2.63. The SMILES string of the molecule is Cc1cc(C(=N)N)nc(Oc2ccccc2C)n1. The zero-order valence-electron chi connectivity index (χ0n) is 10.3. The first kappa shape index (κ1) is 12.0. The molecule has 0 aliphatic heterocycles. The van der Waals surface area contributed by atoms with Crippen LogP contribution in [0.4, 0.5) is 0 Å². The first-order chi connectivity index (χ1) is 8.56. The van der Waals surface area contributed by atoms with Crippen LogP contribution in [0.3, 0.4) is 0 Å². The number of aryl methyl sites for hydroxylation is 2. The van der Waals surface area contributed by atoms with Crippen molar-refractivity contribution in [3.63, 3.8) is 0 Å². The maximum absolute atomic E-state index is 7.38. The fourth-order valence-corrected chi connectivity index (χ4v) is 1.49. The maximum Gasteiger partial charge on any atom is 0.322 e. The normalized spacial score (nSPS) is 10.1. The predicted octanol–water partition coefficient (Wildman–Crippen LogP) is 2.17. The molecule has 0 amide bonds. The number of amidine groups is 1. The lowest BCUT2D eigenvalue weighted by Gasteiger charge is -2.08. The molecule has 0 atom stereocenters. The van der Waals surface area contributed by atoms with Crippen molar-refractivity contribution >= 4 is 5.84 Å². The van der Waals surface area contributed by atoms with Crippen LogP contribution in [-0.2, 0) is 0 Å². The molecule has 0 radical (unpaired) electrons. The molecule has 92 valence electrons. The molecule has 0 aliphatic carbocycles. The number of nitrogens with one attached hydrogen (secondary N) is 1. The van der Waals surface area contributed by atoms with E-state index in [4.69, 9.17) is 15.9 Å². The Hall–Kier alpha value is -2.43. The second-order valence-electron chi connectivity index (χ2n) is 3.96. The quantitative estimate of drug-likeness (QED) is 0.638. The lowest BCUT2D eigenvalue weighted by Crippen LogP contribution is -2.14. The van der Waals surface area contributed by atoms with Crippen molar-refractivity contribution in [2.75, 3.05) is 0 Å². The third-order valence-corrected chi connectivity index (χ3v) is 2.40. The molecule has 0 saturated heterocycles. The van der Waals surface area contributed by atoms with Crippen molar-refractivity contribution in [3.05, 3.63) is 47.3 Å². The average molecular weight is 242 g/mol. The summed E-state index contributed by atoms with van der Waals surface area (Å²) in [6, 6.07) is 9.44. The highest BCUT2D eigenvalue weighted by molar-refractivity contribution is 5.93. The first-order valence-electron chi connectivity index (χ1n) is 5.50. The summed E-state index contributed by atoms with van der Waals surface area (Å²) in [4.78, 5) is 8.25. The topological polar surface area (TPSA) is 84.9 Å². The number of nitrogen functional groups attached to an aromatic ring is 1. The smallest absolute Gasteiger partial charge is 0.322 e. The van der Waals surface area contributed by atoms with E-state index in [-0.39, 0.29) is 11.8 Å². The van der Waals surface area contributed by atoms with E-state index >= 15 is 0 Å². The van der Waals surface area contributed by atoms with Crippen LogP contribution < -0.4 is 10.5 Å². The van der Waals surface area contributed by atoms with E-state index in [1.807, 2.05) is 31.2 Å². The van der Waals surface area contributed by atoms with Crippen molar-refractivity contribution in [2.45, 2.75) is 13.8 Å². The van der Waals surface area contributed by atoms with Gasteiger partial charge < -0.3 is 10.5 Å². The van der Waals surface area contributed by atoms with Gasteiger partial charge >= 0.3 is 6.01 Å². The summed E-state index contributed by atoms with van der Waals surface area (Å²) in [5, 5.41) is 7.38. The highest BCUT2D eigenvalue weighted by Crippen LogP contribution is 2.22. The minimum atomic E-state index is -0.102. The minimum Gasteiger partial charge on any atom is -0.424 e. The number of aromatic nitrogens is 2. The summed E-state index contributed by atoms with van der Waals surface area (Å²) in [5.41, 5.74) is 7.48. The van der Waals surface area contributed by atoms with Gasteiger partial charge in [-0.2, -0.15) is 4.98 Å². The van der Waals surface area contributed by atoms with E-state index in [1.165, 1.54) is 0 Å². The Morgan fingerprint density at radius 3 is 2.61 bits per heavy atom. The second kappa shape index (κ2) is 4.83. The Balaban J connectivity index is 2.35. The number of benzene rings is 1. The molecular formula is C13H14N4O. The number of ether oxygens (including phenoxy) is 1. The maximum atomic E-state index is 7.38. The van der Waals surface area contributed by atoms with E-state index in [9.17, 15) is 0 Å². The second-order valence-corrected chi connectivity index (χ2v) is 3.96. The van der Waals surface area contributed by atoms with Gasteiger partial charge in [0.25, 0.3) is 0 Å². The molecule has 0 bridgehead atoms. The van der Waals surface area contributed by atoms with Gasteiger partial charge in [0.05, 0.1) is 0 Å². The highest BCUT2D eigenvalue weighted by Gasteiger charge is 2.07. The number of hydrogen-bond acceptors (Lipinski definition) is 4. The van der Waals surface area contributed by atoms with Crippen LogP contribution in [0, 0.1) is 19.3 Å². The van der Waals surface area contributed by atoms with Gasteiger partial charge in [-0.1, -0.05) is 18.2 Å². The molecule has 1 heterocycles. The zero-order chi connectivity index (χ0) is 13.1. The third-order valence-electron chi connectivity index (χ3n) is 2.40. The van der Waals surface area contributed by atoms with Crippen molar-refractivity contribution in [1.82, 2.24) is 9.97 Å². The van der Waals surface area contributed by atoms with Crippen molar-refractivity contribution in [1.29, 1.82) is 5.41 Å². The highest BCUT2D eigenvalue weighted by atomic mass is 16.5. The molecular weight excluding hydrogens is 228 g/mol. The summed E-state index contributed by atoms with van der Waals surface area (Å²) in [6.45, 7) is 3.75. The fraction of sp³-hybridized carbons (Fsp3) is 0.154. The molecule has 0 fully saturated rings. The van der Waals surface area contributed by atoms with E-state index in [0.29, 0.717) is 17.1 Å². The minimum absolute atomic E-state index is 0.102. The van der Waals surface area contributed by atoms with Crippen LogP contribution in [0.2, 0.25) is 0 Å². The Morgan fingerprint density at radius 2 is 1.94 bits per heavy atom. The Morgan fingerprint density at radius 1 is 1.22 bits per heavy atom. The molecule has 5 nitrogen and oxygen atoms in total. The molecule has 0 saturated carbocycles. The van der Waals surface area contributed by atoms with Crippen LogP contribution in [-0.4, -0.2) is 15.8 Å². The summed E-state index contributed by atoms with van der Waals surface area (Å²) in [5.74, 6) is 0.590. The fourth-order valence-electron chi connectivity index (χ4n) is 1.49.